The molecule has 0 amide bonds. The highest BCUT2D eigenvalue weighted by atomic mass is 16.3. The highest BCUT2D eigenvalue weighted by Gasteiger charge is 2.06. The summed E-state index contributed by atoms with van der Waals surface area (Å²) in [5.74, 6) is 0.538. The lowest BCUT2D eigenvalue weighted by Gasteiger charge is -2.10. The molecule has 2 heteroatoms. The van der Waals surface area contributed by atoms with Gasteiger partial charge in [0.05, 0.1) is 6.26 Å². The van der Waals surface area contributed by atoms with E-state index in [0.717, 1.165) is 12.1 Å². The number of nitrogens with one attached hydrogen (secondary N) is 1. The van der Waals surface area contributed by atoms with E-state index in [1.165, 1.54) is 16.5 Å². The Morgan fingerprint density at radius 1 is 1.35 bits per heavy atom. The van der Waals surface area contributed by atoms with E-state index in [0.29, 0.717) is 5.92 Å². The minimum Gasteiger partial charge on any atom is -0.464 e. The Balaban J connectivity index is 2.42. The highest BCUT2D eigenvalue weighted by Crippen LogP contribution is 2.24. The molecule has 2 rings (SSSR count). The van der Waals surface area contributed by atoms with Gasteiger partial charge in [0.2, 0.25) is 0 Å². The van der Waals surface area contributed by atoms with Gasteiger partial charge in [-0.25, -0.2) is 0 Å². The van der Waals surface area contributed by atoms with Crippen LogP contribution in [-0.2, 0) is 0 Å². The first-order valence-electron chi connectivity index (χ1n) is 6.03. The molecule has 0 unspecified atom stereocenters. The number of benzene rings is 1. The molecule has 2 aromatic rings. The number of fused-ring (bicyclic) bond motifs is 1. The molecule has 1 N–H and O–H groups in total. The Morgan fingerprint density at radius 3 is 2.82 bits per heavy atom. The summed E-state index contributed by atoms with van der Waals surface area (Å²) in [7, 11) is 1.98. The Labute approximate surface area is 102 Å². The molecule has 0 saturated heterocycles. The number of hydrogen-bond donors (Lipinski definition) is 1. The van der Waals surface area contributed by atoms with Crippen LogP contribution in [0.25, 0.3) is 17.0 Å². The minimum absolute atomic E-state index is 0.538. The zero-order valence-corrected chi connectivity index (χ0v) is 10.7. The summed E-state index contributed by atoms with van der Waals surface area (Å²) in [4.78, 5) is 0. The van der Waals surface area contributed by atoms with Crippen molar-refractivity contribution >= 4 is 17.0 Å². The second-order valence-electron chi connectivity index (χ2n) is 4.59. The van der Waals surface area contributed by atoms with Gasteiger partial charge >= 0.3 is 0 Å². The summed E-state index contributed by atoms with van der Waals surface area (Å²) in [5.41, 5.74) is 3.50. The summed E-state index contributed by atoms with van der Waals surface area (Å²) in [6.07, 6.45) is 4.07. The van der Waals surface area contributed by atoms with E-state index in [-0.39, 0.29) is 0 Å². The van der Waals surface area contributed by atoms with E-state index >= 15 is 0 Å². The monoisotopic (exact) mass is 229 g/mol. The van der Waals surface area contributed by atoms with Crippen molar-refractivity contribution in [3.8, 4) is 0 Å². The van der Waals surface area contributed by atoms with Gasteiger partial charge in [-0.15, -0.1) is 0 Å². The van der Waals surface area contributed by atoms with Gasteiger partial charge in [0.25, 0.3) is 0 Å². The molecule has 1 aromatic heterocycles. The molecule has 0 atom stereocenters. The number of furan rings is 1. The number of rotatable bonds is 4. The van der Waals surface area contributed by atoms with E-state index in [2.05, 4.69) is 31.3 Å². The zero-order chi connectivity index (χ0) is 12.3. The van der Waals surface area contributed by atoms with E-state index in [4.69, 9.17) is 4.42 Å². The fourth-order valence-corrected chi connectivity index (χ4v) is 1.94. The van der Waals surface area contributed by atoms with Gasteiger partial charge in [0.1, 0.15) is 5.58 Å². The van der Waals surface area contributed by atoms with Crippen LogP contribution in [-0.4, -0.2) is 13.6 Å². The fourth-order valence-electron chi connectivity index (χ4n) is 1.94. The topological polar surface area (TPSA) is 25.2 Å². The lowest BCUT2D eigenvalue weighted by Crippen LogP contribution is -2.13. The summed E-state index contributed by atoms with van der Waals surface area (Å²) in [5, 5.41) is 4.39. The van der Waals surface area contributed by atoms with Crippen LogP contribution in [0.15, 0.2) is 40.5 Å². The summed E-state index contributed by atoms with van der Waals surface area (Å²) < 4.78 is 5.54. The molecular weight excluding hydrogens is 210 g/mol. The van der Waals surface area contributed by atoms with Gasteiger partial charge in [0.15, 0.2) is 0 Å². The molecule has 0 aliphatic rings. The Hall–Kier alpha value is -1.54. The van der Waals surface area contributed by atoms with E-state index in [1.807, 2.05) is 31.5 Å². The van der Waals surface area contributed by atoms with Gasteiger partial charge in [-0.3, -0.25) is 0 Å². The maximum Gasteiger partial charge on any atom is 0.134 e. The lowest BCUT2D eigenvalue weighted by atomic mass is 10.00. The average molecular weight is 229 g/mol. The normalized spacial score (nSPS) is 12.6. The van der Waals surface area contributed by atoms with Gasteiger partial charge in [-0.1, -0.05) is 43.7 Å². The molecule has 0 fully saturated rings. The summed E-state index contributed by atoms with van der Waals surface area (Å²) >= 11 is 0. The van der Waals surface area contributed by atoms with Gasteiger partial charge in [-0.05, 0) is 19.0 Å². The Kier molecular flexibility index (Phi) is 3.64. The van der Waals surface area contributed by atoms with E-state index < -0.39 is 0 Å². The third-order valence-corrected chi connectivity index (χ3v) is 2.97. The van der Waals surface area contributed by atoms with Crippen LogP contribution in [0.5, 0.6) is 0 Å². The fraction of sp³-hybridized carbons (Fsp3) is 0.333. The van der Waals surface area contributed by atoms with Crippen molar-refractivity contribution in [2.45, 2.75) is 13.8 Å². The molecule has 1 heterocycles. The van der Waals surface area contributed by atoms with Crippen LogP contribution in [0.4, 0.5) is 0 Å². The predicted molar refractivity (Wildman–Crippen MR) is 73.0 cm³/mol. The van der Waals surface area contributed by atoms with Crippen LogP contribution >= 0.6 is 0 Å². The third-order valence-electron chi connectivity index (χ3n) is 2.97. The standard InChI is InChI=1S/C15H19NO/c1-11(2)12(9-16-3)8-13-10-17-15-7-5-4-6-14(13)15/h4-8,10-11,16H,9H2,1-3H3/b12-8-. The second-order valence-corrected chi connectivity index (χ2v) is 4.59. The third kappa shape index (κ3) is 2.59. The van der Waals surface area contributed by atoms with Crippen molar-refractivity contribution in [3.05, 3.63) is 41.7 Å². The van der Waals surface area contributed by atoms with Crippen molar-refractivity contribution in [3.63, 3.8) is 0 Å². The van der Waals surface area contributed by atoms with Crippen LogP contribution in [0.3, 0.4) is 0 Å². The first-order valence-corrected chi connectivity index (χ1v) is 6.03. The molecule has 1 aromatic carbocycles. The Bertz CT molecular complexity index is 522. The minimum atomic E-state index is 0.538. The van der Waals surface area contributed by atoms with Gasteiger partial charge in [-0.2, -0.15) is 0 Å². The van der Waals surface area contributed by atoms with Crippen molar-refractivity contribution in [2.24, 2.45) is 5.92 Å². The second kappa shape index (κ2) is 5.19. The van der Waals surface area contributed by atoms with Gasteiger partial charge in [0, 0.05) is 17.5 Å². The maximum atomic E-state index is 5.54. The molecule has 0 saturated carbocycles. The number of para-hydroxylation sites is 1. The lowest BCUT2D eigenvalue weighted by molar-refractivity contribution is 0.615. The van der Waals surface area contributed by atoms with Crippen molar-refractivity contribution in [1.82, 2.24) is 5.32 Å². The van der Waals surface area contributed by atoms with Gasteiger partial charge < -0.3 is 9.73 Å². The maximum absolute atomic E-state index is 5.54. The molecule has 0 aliphatic heterocycles. The number of likely N-dealkylation sites (N-methyl/N-ethyl adjacent to an activating group) is 1. The Morgan fingerprint density at radius 2 is 2.12 bits per heavy atom. The molecule has 17 heavy (non-hydrogen) atoms. The molecule has 90 valence electrons. The largest absolute Gasteiger partial charge is 0.464 e. The first kappa shape index (κ1) is 11.9. The van der Waals surface area contributed by atoms with Crippen molar-refractivity contribution in [2.75, 3.05) is 13.6 Å². The van der Waals surface area contributed by atoms with Crippen LogP contribution < -0.4 is 5.32 Å². The summed E-state index contributed by atoms with van der Waals surface area (Å²) in [6, 6.07) is 8.14. The zero-order valence-electron chi connectivity index (χ0n) is 10.7. The van der Waals surface area contributed by atoms with Crippen LogP contribution in [0, 0.1) is 5.92 Å². The highest BCUT2D eigenvalue weighted by molar-refractivity contribution is 5.87. The molecule has 0 radical (unpaired) electrons. The quantitative estimate of drug-likeness (QED) is 0.865. The predicted octanol–water partition coefficient (Wildman–Crippen LogP) is 3.69. The van der Waals surface area contributed by atoms with Crippen molar-refractivity contribution in [1.29, 1.82) is 0 Å². The molecular formula is C15H19NO. The number of hydrogen-bond acceptors (Lipinski definition) is 2. The molecule has 0 aliphatic carbocycles. The van der Waals surface area contributed by atoms with Crippen LogP contribution in [0.1, 0.15) is 19.4 Å². The molecule has 2 nitrogen and oxygen atoms in total. The van der Waals surface area contributed by atoms with E-state index in [1.54, 1.807) is 0 Å². The smallest absolute Gasteiger partial charge is 0.134 e. The average Bonchev–Trinajstić information content (AvgIpc) is 2.72. The molecule has 0 bridgehead atoms. The van der Waals surface area contributed by atoms with Crippen LogP contribution in [0.2, 0.25) is 0 Å². The summed E-state index contributed by atoms with van der Waals surface area (Å²) in [6.45, 7) is 5.34. The SMILES string of the molecule is CNC/C(=C/c1coc2ccccc12)C(C)C. The molecule has 0 spiro atoms. The first-order chi connectivity index (χ1) is 8.22. The van der Waals surface area contributed by atoms with E-state index in [9.17, 15) is 0 Å². The van der Waals surface area contributed by atoms with Crippen molar-refractivity contribution < 1.29 is 4.42 Å².